The first kappa shape index (κ1) is 27.0. The molecule has 3 aromatic carbocycles. The Bertz CT molecular complexity index is 1310. The minimum Gasteiger partial charge on any atom is -0.493 e. The van der Waals surface area contributed by atoms with Gasteiger partial charge in [0.05, 0.1) is 23.5 Å². The number of nitrogens with zero attached hydrogens (tertiary/aromatic N) is 1. The summed E-state index contributed by atoms with van der Waals surface area (Å²) in [5, 5.41) is 0. The highest BCUT2D eigenvalue weighted by molar-refractivity contribution is 7.89. The second kappa shape index (κ2) is 10.4. The minimum atomic E-state index is -4.63. The molecular formula is C26H23F6NO3S. The molecule has 37 heavy (non-hydrogen) atoms. The van der Waals surface area contributed by atoms with Crippen molar-refractivity contribution in [2.75, 3.05) is 12.4 Å². The fraction of sp³-hybridized carbons (Fsp3) is 0.308. The van der Waals surface area contributed by atoms with Gasteiger partial charge in [0.1, 0.15) is 5.75 Å². The normalized spacial score (nSPS) is 14.0. The second-order valence-corrected chi connectivity index (χ2v) is 10.9. The molecule has 0 fully saturated rings. The third-order valence-corrected chi connectivity index (χ3v) is 7.79. The highest BCUT2D eigenvalue weighted by Gasteiger charge is 2.32. The number of alkyl halides is 6. The fourth-order valence-corrected chi connectivity index (χ4v) is 5.57. The lowest BCUT2D eigenvalue weighted by Crippen LogP contribution is -2.33. The van der Waals surface area contributed by atoms with E-state index in [4.69, 9.17) is 4.74 Å². The van der Waals surface area contributed by atoms with Crippen LogP contribution in [0.3, 0.4) is 0 Å². The molecule has 0 saturated heterocycles. The van der Waals surface area contributed by atoms with E-state index in [1.807, 2.05) is 6.07 Å². The van der Waals surface area contributed by atoms with Gasteiger partial charge in [-0.3, -0.25) is 0 Å². The van der Waals surface area contributed by atoms with Gasteiger partial charge in [0.15, 0.2) is 0 Å². The molecule has 0 bridgehead atoms. The number of hydrogen-bond acceptors (Lipinski definition) is 3. The van der Waals surface area contributed by atoms with Gasteiger partial charge in [-0.15, -0.1) is 0 Å². The van der Waals surface area contributed by atoms with E-state index in [1.165, 1.54) is 24.3 Å². The summed E-state index contributed by atoms with van der Waals surface area (Å²) in [6.45, 7) is -0.320. The van der Waals surface area contributed by atoms with Crippen molar-refractivity contribution in [3.63, 3.8) is 0 Å². The lowest BCUT2D eigenvalue weighted by molar-refractivity contribution is -0.138. The SMILES string of the molecule is O=S(=O)(CCc1ccc2c(c1)CCO2)N(Cc1cccc(C(F)(F)F)c1)Cc1cccc(C(F)(F)F)c1. The predicted molar refractivity (Wildman–Crippen MR) is 125 cm³/mol. The van der Waals surface area contributed by atoms with E-state index in [1.54, 1.807) is 12.1 Å². The van der Waals surface area contributed by atoms with Crippen molar-refractivity contribution >= 4 is 10.0 Å². The van der Waals surface area contributed by atoms with E-state index in [2.05, 4.69) is 0 Å². The zero-order valence-electron chi connectivity index (χ0n) is 19.4. The molecule has 4 nitrogen and oxygen atoms in total. The van der Waals surface area contributed by atoms with Crippen LogP contribution in [0.25, 0.3) is 0 Å². The maximum Gasteiger partial charge on any atom is 0.416 e. The molecule has 0 unspecified atom stereocenters. The molecule has 0 aromatic heterocycles. The molecule has 0 N–H and O–H groups in total. The molecule has 0 radical (unpaired) electrons. The van der Waals surface area contributed by atoms with Crippen molar-refractivity contribution in [3.05, 3.63) is 100 Å². The average Bonchev–Trinajstić information content (AvgIpc) is 3.30. The molecule has 0 amide bonds. The van der Waals surface area contributed by atoms with Crippen molar-refractivity contribution in [2.24, 2.45) is 0 Å². The van der Waals surface area contributed by atoms with Crippen LogP contribution in [0.2, 0.25) is 0 Å². The predicted octanol–water partition coefficient (Wildman–Crippen LogP) is 6.23. The van der Waals surface area contributed by atoms with Crippen molar-refractivity contribution < 1.29 is 39.5 Å². The zero-order valence-corrected chi connectivity index (χ0v) is 20.3. The molecule has 4 rings (SSSR count). The van der Waals surface area contributed by atoms with Gasteiger partial charge in [-0.05, 0) is 46.9 Å². The van der Waals surface area contributed by atoms with Gasteiger partial charge in [-0.2, -0.15) is 30.6 Å². The number of hydrogen-bond donors (Lipinski definition) is 0. The lowest BCUT2D eigenvalue weighted by Gasteiger charge is -2.23. The van der Waals surface area contributed by atoms with Crippen LogP contribution in [0, 0.1) is 0 Å². The molecule has 198 valence electrons. The van der Waals surface area contributed by atoms with Gasteiger partial charge in [-0.25, -0.2) is 8.42 Å². The Morgan fingerprint density at radius 1 is 0.757 bits per heavy atom. The Labute approximate surface area is 210 Å². The highest BCUT2D eigenvalue weighted by Crippen LogP contribution is 2.32. The zero-order chi connectivity index (χ0) is 26.8. The maximum absolute atomic E-state index is 13.4. The van der Waals surface area contributed by atoms with Crippen molar-refractivity contribution in [2.45, 2.75) is 38.3 Å². The minimum absolute atomic E-state index is 0.0695. The van der Waals surface area contributed by atoms with E-state index >= 15 is 0 Å². The highest BCUT2D eigenvalue weighted by atomic mass is 32.2. The number of benzene rings is 3. The molecule has 1 aliphatic heterocycles. The van der Waals surface area contributed by atoms with Crippen LogP contribution in [0.4, 0.5) is 26.3 Å². The van der Waals surface area contributed by atoms with Crippen LogP contribution in [-0.4, -0.2) is 25.1 Å². The van der Waals surface area contributed by atoms with Crippen LogP contribution in [0.5, 0.6) is 5.75 Å². The summed E-state index contributed by atoms with van der Waals surface area (Å²) in [6.07, 6.45) is -8.43. The first-order valence-corrected chi connectivity index (χ1v) is 13.0. The van der Waals surface area contributed by atoms with Gasteiger partial charge in [0.25, 0.3) is 0 Å². The number of aryl methyl sites for hydroxylation is 1. The summed E-state index contributed by atoms with van der Waals surface area (Å²) in [5.41, 5.74) is -0.0470. The van der Waals surface area contributed by atoms with Crippen LogP contribution in [0.1, 0.15) is 33.4 Å². The van der Waals surface area contributed by atoms with E-state index in [9.17, 15) is 34.8 Å². The molecule has 11 heteroatoms. The molecule has 0 aliphatic carbocycles. The molecule has 1 aliphatic rings. The number of halogens is 6. The van der Waals surface area contributed by atoms with Gasteiger partial charge in [-0.1, -0.05) is 48.5 Å². The Morgan fingerprint density at radius 2 is 1.32 bits per heavy atom. The summed E-state index contributed by atoms with van der Waals surface area (Å²) < 4.78 is 112. The summed E-state index contributed by atoms with van der Waals surface area (Å²) in [4.78, 5) is 0. The van der Waals surface area contributed by atoms with Crippen LogP contribution in [-0.2, 0) is 48.3 Å². The first-order chi connectivity index (χ1) is 17.3. The third kappa shape index (κ3) is 6.84. The Morgan fingerprint density at radius 3 is 1.86 bits per heavy atom. The van der Waals surface area contributed by atoms with Crippen molar-refractivity contribution in [1.29, 1.82) is 0 Å². The van der Waals surface area contributed by atoms with Crippen molar-refractivity contribution in [1.82, 2.24) is 4.31 Å². The summed E-state index contributed by atoms with van der Waals surface area (Å²) in [6, 6.07) is 13.8. The van der Waals surface area contributed by atoms with E-state index in [-0.39, 0.29) is 23.3 Å². The lowest BCUT2D eigenvalue weighted by atomic mass is 10.1. The first-order valence-electron chi connectivity index (χ1n) is 11.4. The second-order valence-electron chi connectivity index (χ2n) is 8.77. The Hall–Kier alpha value is -3.05. The fourth-order valence-electron chi connectivity index (χ4n) is 4.12. The van der Waals surface area contributed by atoms with Gasteiger partial charge in [0.2, 0.25) is 10.0 Å². The largest absolute Gasteiger partial charge is 0.493 e. The number of ether oxygens (including phenoxy) is 1. The monoisotopic (exact) mass is 543 g/mol. The van der Waals surface area contributed by atoms with E-state index in [0.717, 1.165) is 45.4 Å². The quantitative estimate of drug-likeness (QED) is 0.317. The standard InChI is InChI=1S/C26H23F6NO3S/c27-25(28,29)22-5-1-3-19(14-22)16-33(17-20-4-2-6-23(15-20)26(30,31)32)37(34,35)12-10-18-7-8-24-21(13-18)9-11-36-24/h1-8,13-15H,9-12,16-17H2. The van der Waals surface area contributed by atoms with Crippen molar-refractivity contribution in [3.8, 4) is 5.75 Å². The van der Waals surface area contributed by atoms with Crippen LogP contribution in [0.15, 0.2) is 66.7 Å². The van der Waals surface area contributed by atoms with Gasteiger partial charge >= 0.3 is 12.4 Å². The van der Waals surface area contributed by atoms with Gasteiger partial charge in [0, 0.05) is 19.5 Å². The smallest absolute Gasteiger partial charge is 0.416 e. The summed E-state index contributed by atoms with van der Waals surface area (Å²) in [5.74, 6) is 0.368. The molecule has 1 heterocycles. The summed E-state index contributed by atoms with van der Waals surface area (Å²) in [7, 11) is -4.09. The summed E-state index contributed by atoms with van der Waals surface area (Å²) >= 11 is 0. The maximum atomic E-state index is 13.4. The van der Waals surface area contributed by atoms with E-state index < -0.39 is 46.6 Å². The Kier molecular flexibility index (Phi) is 7.57. The third-order valence-electron chi connectivity index (χ3n) is 6.02. The number of rotatable bonds is 8. The van der Waals surface area contributed by atoms with E-state index in [0.29, 0.717) is 13.0 Å². The van der Waals surface area contributed by atoms with Crippen LogP contribution >= 0.6 is 0 Å². The topological polar surface area (TPSA) is 46.6 Å². The molecule has 3 aromatic rings. The van der Waals surface area contributed by atoms with Gasteiger partial charge < -0.3 is 4.74 Å². The average molecular weight is 544 g/mol. The number of sulfonamides is 1. The number of fused-ring (bicyclic) bond motifs is 1. The molecule has 0 spiro atoms. The van der Waals surface area contributed by atoms with Crippen LogP contribution < -0.4 is 4.74 Å². The molecule has 0 saturated carbocycles. The Balaban J connectivity index is 1.60. The molecular weight excluding hydrogens is 520 g/mol. The molecule has 0 atom stereocenters.